The Hall–Kier alpha value is -1.36. The quantitative estimate of drug-likeness (QED) is 0.534. The molecular weight excluding hydrogens is 196 g/mol. The van der Waals surface area contributed by atoms with Gasteiger partial charge in [-0.05, 0) is 6.92 Å². The molecule has 1 fully saturated rings. The van der Waals surface area contributed by atoms with Crippen molar-refractivity contribution in [1.29, 1.82) is 0 Å². The van der Waals surface area contributed by atoms with Crippen molar-refractivity contribution < 1.29 is 14.3 Å². The number of carbonyl (C=O) groups excluding carboxylic acids is 2. The Labute approximate surface area is 89.1 Å². The minimum Gasteiger partial charge on any atom is -0.375 e. The highest BCUT2D eigenvalue weighted by molar-refractivity contribution is 5.96. The molecule has 0 radical (unpaired) electrons. The summed E-state index contributed by atoms with van der Waals surface area (Å²) in [5.74, 6) is -0.209. The van der Waals surface area contributed by atoms with Crippen LogP contribution in [0.25, 0.3) is 0 Å². The van der Waals surface area contributed by atoms with Crippen LogP contribution in [0, 0.1) is 0 Å². The van der Waals surface area contributed by atoms with E-state index in [1.165, 1.54) is 0 Å². The fraction of sp³-hybridized carbons (Fsp3) is 0.600. The molecule has 1 heterocycles. The third kappa shape index (κ3) is 4.12. The summed E-state index contributed by atoms with van der Waals surface area (Å²) in [4.78, 5) is 23.7. The zero-order valence-corrected chi connectivity index (χ0v) is 8.91. The lowest BCUT2D eigenvalue weighted by Gasteiger charge is -2.26. The van der Waals surface area contributed by atoms with Crippen LogP contribution in [0.3, 0.4) is 0 Å². The molecule has 1 N–H and O–H groups in total. The summed E-state index contributed by atoms with van der Waals surface area (Å²) in [5.41, 5.74) is 0.952. The van der Waals surface area contributed by atoms with Crippen molar-refractivity contribution in [1.82, 2.24) is 10.2 Å². The highest BCUT2D eigenvalue weighted by Crippen LogP contribution is 2.00. The summed E-state index contributed by atoms with van der Waals surface area (Å²) in [6, 6.07) is -0.329. The topological polar surface area (TPSA) is 58.6 Å². The monoisotopic (exact) mass is 212 g/mol. The number of nitrogens with one attached hydrogen (secondary N) is 1. The summed E-state index contributed by atoms with van der Waals surface area (Å²) >= 11 is 0. The molecule has 1 rings (SSSR count). The second-order valence-electron chi connectivity index (χ2n) is 3.60. The van der Waals surface area contributed by atoms with Gasteiger partial charge >= 0.3 is 6.03 Å². The number of hydrogen-bond donors (Lipinski definition) is 1. The van der Waals surface area contributed by atoms with E-state index in [0.717, 1.165) is 5.57 Å². The van der Waals surface area contributed by atoms with Gasteiger partial charge in [0.15, 0.2) is 0 Å². The van der Waals surface area contributed by atoms with Gasteiger partial charge in [0.25, 0.3) is 0 Å². The Bertz CT molecular complexity index is 276. The van der Waals surface area contributed by atoms with Gasteiger partial charge in [-0.15, -0.1) is 0 Å². The Morgan fingerprint density at radius 3 is 2.93 bits per heavy atom. The van der Waals surface area contributed by atoms with E-state index in [2.05, 4.69) is 11.9 Å². The van der Waals surface area contributed by atoms with Crippen LogP contribution in [0.15, 0.2) is 12.2 Å². The van der Waals surface area contributed by atoms with Gasteiger partial charge < -0.3 is 9.64 Å². The van der Waals surface area contributed by atoms with E-state index in [0.29, 0.717) is 32.7 Å². The maximum absolute atomic E-state index is 11.3. The van der Waals surface area contributed by atoms with Crippen LogP contribution < -0.4 is 5.32 Å². The minimum absolute atomic E-state index is 0.209. The first-order valence-corrected chi connectivity index (χ1v) is 4.90. The van der Waals surface area contributed by atoms with Crippen LogP contribution in [0.5, 0.6) is 0 Å². The number of nitrogens with zero attached hydrogens (tertiary/aromatic N) is 1. The molecule has 5 heteroatoms. The van der Waals surface area contributed by atoms with E-state index in [1.54, 1.807) is 4.90 Å². The molecule has 0 bridgehead atoms. The fourth-order valence-electron chi connectivity index (χ4n) is 1.23. The van der Waals surface area contributed by atoms with Crippen LogP contribution in [0.2, 0.25) is 0 Å². The summed E-state index contributed by atoms with van der Waals surface area (Å²) in [7, 11) is 0. The molecule has 0 saturated carbocycles. The number of carbonyl (C=O) groups is 2. The molecule has 0 aromatic heterocycles. The van der Waals surface area contributed by atoms with Gasteiger partial charge in [-0.1, -0.05) is 12.2 Å². The van der Waals surface area contributed by atoms with E-state index in [9.17, 15) is 9.59 Å². The Balaban J connectivity index is 2.18. The maximum Gasteiger partial charge on any atom is 0.324 e. The van der Waals surface area contributed by atoms with Crippen molar-refractivity contribution in [3.05, 3.63) is 12.2 Å². The molecule has 0 unspecified atom stereocenters. The molecule has 0 aromatic rings. The lowest BCUT2D eigenvalue weighted by molar-refractivity contribution is -0.121. The average Bonchev–Trinajstić information content (AvgIpc) is 2.14. The van der Waals surface area contributed by atoms with Crippen LogP contribution in [-0.2, 0) is 9.53 Å². The molecule has 0 atom stereocenters. The predicted molar refractivity (Wildman–Crippen MR) is 55.4 cm³/mol. The van der Waals surface area contributed by atoms with Crippen molar-refractivity contribution in [2.75, 3.05) is 26.3 Å². The molecule has 0 aliphatic carbocycles. The number of imide groups is 1. The van der Waals surface area contributed by atoms with E-state index in [1.807, 2.05) is 6.92 Å². The van der Waals surface area contributed by atoms with Crippen molar-refractivity contribution >= 4 is 11.9 Å². The first-order chi connectivity index (χ1) is 7.09. The Morgan fingerprint density at radius 2 is 2.33 bits per heavy atom. The van der Waals surface area contributed by atoms with Crippen molar-refractivity contribution in [3.63, 3.8) is 0 Å². The Morgan fingerprint density at radius 1 is 1.60 bits per heavy atom. The van der Waals surface area contributed by atoms with Crippen molar-refractivity contribution in [2.45, 2.75) is 13.3 Å². The first kappa shape index (κ1) is 11.7. The van der Waals surface area contributed by atoms with Gasteiger partial charge in [0.1, 0.15) is 0 Å². The number of urea groups is 1. The summed E-state index contributed by atoms with van der Waals surface area (Å²) in [5, 5.41) is 2.25. The van der Waals surface area contributed by atoms with Gasteiger partial charge in [0.05, 0.1) is 13.2 Å². The third-order valence-electron chi connectivity index (χ3n) is 2.00. The second-order valence-corrected chi connectivity index (χ2v) is 3.60. The lowest BCUT2D eigenvalue weighted by atomic mass is 10.3. The first-order valence-electron chi connectivity index (χ1n) is 4.90. The summed E-state index contributed by atoms with van der Waals surface area (Å²) in [6.07, 6.45) is 0.367. The Kier molecular flexibility index (Phi) is 4.30. The predicted octanol–water partition coefficient (Wildman–Crippen LogP) is 0.521. The second kappa shape index (κ2) is 5.50. The molecule has 1 aliphatic heterocycles. The lowest BCUT2D eigenvalue weighted by Crippen LogP contribution is -2.50. The molecule has 15 heavy (non-hydrogen) atoms. The number of amides is 3. The molecule has 3 amide bonds. The van der Waals surface area contributed by atoms with Gasteiger partial charge in [-0.2, -0.15) is 0 Å². The minimum atomic E-state index is -0.329. The molecule has 84 valence electrons. The van der Waals surface area contributed by atoms with Gasteiger partial charge in [-0.3, -0.25) is 10.1 Å². The van der Waals surface area contributed by atoms with Crippen LogP contribution in [-0.4, -0.2) is 43.1 Å². The van der Waals surface area contributed by atoms with E-state index >= 15 is 0 Å². The van der Waals surface area contributed by atoms with E-state index in [4.69, 9.17) is 4.74 Å². The van der Waals surface area contributed by atoms with E-state index < -0.39 is 0 Å². The maximum atomic E-state index is 11.3. The molecule has 1 aliphatic rings. The highest BCUT2D eigenvalue weighted by atomic mass is 16.5. The number of rotatable bonds is 5. The average molecular weight is 212 g/mol. The smallest absolute Gasteiger partial charge is 0.324 e. The third-order valence-corrected chi connectivity index (χ3v) is 2.00. The molecule has 1 saturated heterocycles. The van der Waals surface area contributed by atoms with Gasteiger partial charge in [0, 0.05) is 19.5 Å². The molecule has 5 nitrogen and oxygen atoms in total. The zero-order valence-electron chi connectivity index (χ0n) is 8.91. The van der Waals surface area contributed by atoms with E-state index in [-0.39, 0.29) is 11.9 Å². The molecule has 0 aromatic carbocycles. The standard InChI is InChI=1S/C10H16N2O3/c1-8(2)7-15-6-5-12-4-3-9(13)11-10(12)14/h1,3-7H2,2H3,(H,11,13,14). The van der Waals surface area contributed by atoms with Crippen LogP contribution in [0.1, 0.15) is 13.3 Å². The van der Waals surface area contributed by atoms with Crippen LogP contribution >= 0.6 is 0 Å². The molecule has 0 spiro atoms. The van der Waals surface area contributed by atoms with Crippen molar-refractivity contribution in [3.8, 4) is 0 Å². The number of ether oxygens (including phenoxy) is 1. The number of hydrogen-bond acceptors (Lipinski definition) is 3. The normalized spacial score (nSPS) is 16.5. The SMILES string of the molecule is C=C(C)COCCN1CCC(=O)NC1=O. The largest absolute Gasteiger partial charge is 0.375 e. The zero-order chi connectivity index (χ0) is 11.3. The van der Waals surface area contributed by atoms with Gasteiger partial charge in [-0.25, -0.2) is 4.79 Å². The summed E-state index contributed by atoms with van der Waals surface area (Å²) < 4.78 is 5.27. The van der Waals surface area contributed by atoms with Crippen molar-refractivity contribution in [2.24, 2.45) is 0 Å². The molecular formula is C10H16N2O3. The summed E-state index contributed by atoms with van der Waals surface area (Å²) in [6.45, 7) is 7.54. The van der Waals surface area contributed by atoms with Crippen LogP contribution in [0.4, 0.5) is 4.79 Å². The highest BCUT2D eigenvalue weighted by Gasteiger charge is 2.21. The fourth-order valence-corrected chi connectivity index (χ4v) is 1.23. The van der Waals surface area contributed by atoms with Gasteiger partial charge in [0.2, 0.25) is 5.91 Å².